The van der Waals surface area contributed by atoms with Gasteiger partial charge in [0.2, 0.25) is 9.84 Å². The lowest BCUT2D eigenvalue weighted by atomic mass is 10.1. The van der Waals surface area contributed by atoms with Gasteiger partial charge in [0.05, 0.1) is 21.0 Å². The third-order valence-corrected chi connectivity index (χ3v) is 6.38. The SMILES string of the molecule is O=C(NCCc1cncnc1)c1ccc2c(c1)NC(=O)c1ccccc1S2(=O)=O. The van der Waals surface area contributed by atoms with Crippen LogP contribution in [0.2, 0.25) is 0 Å². The molecule has 0 aliphatic carbocycles. The average Bonchev–Trinajstić information content (AvgIpc) is 2.81. The van der Waals surface area contributed by atoms with Gasteiger partial charge in [-0.1, -0.05) is 12.1 Å². The van der Waals surface area contributed by atoms with Gasteiger partial charge in [0.15, 0.2) is 0 Å². The molecular formula is C20H16N4O4S. The molecule has 2 heterocycles. The second kappa shape index (κ2) is 7.44. The predicted octanol–water partition coefficient (Wildman–Crippen LogP) is 1.85. The van der Waals surface area contributed by atoms with Crippen LogP contribution >= 0.6 is 0 Å². The first-order valence-electron chi connectivity index (χ1n) is 8.78. The largest absolute Gasteiger partial charge is 0.352 e. The molecule has 29 heavy (non-hydrogen) atoms. The van der Waals surface area contributed by atoms with Crippen molar-refractivity contribution < 1.29 is 18.0 Å². The fraction of sp³-hybridized carbons (Fsp3) is 0.100. The number of nitrogens with one attached hydrogen (secondary N) is 2. The van der Waals surface area contributed by atoms with Crippen LogP contribution in [0.1, 0.15) is 26.3 Å². The Morgan fingerprint density at radius 3 is 2.59 bits per heavy atom. The molecule has 2 amide bonds. The Labute approximate surface area is 166 Å². The number of carbonyl (C=O) groups excluding carboxylic acids is 2. The maximum atomic E-state index is 13.0. The Bertz CT molecular complexity index is 1210. The summed E-state index contributed by atoms with van der Waals surface area (Å²) in [6.07, 6.45) is 5.32. The lowest BCUT2D eigenvalue weighted by Crippen LogP contribution is -2.26. The first-order valence-corrected chi connectivity index (χ1v) is 10.3. The number of hydrogen-bond acceptors (Lipinski definition) is 6. The van der Waals surface area contributed by atoms with E-state index in [2.05, 4.69) is 20.6 Å². The summed E-state index contributed by atoms with van der Waals surface area (Å²) in [7, 11) is -3.90. The van der Waals surface area contributed by atoms with E-state index in [1.54, 1.807) is 24.5 Å². The van der Waals surface area contributed by atoms with Gasteiger partial charge in [-0.2, -0.15) is 0 Å². The number of rotatable bonds is 4. The van der Waals surface area contributed by atoms with E-state index in [0.717, 1.165) is 5.56 Å². The summed E-state index contributed by atoms with van der Waals surface area (Å²) in [5.74, 6) is -0.914. The molecule has 1 aliphatic heterocycles. The van der Waals surface area contributed by atoms with Crippen molar-refractivity contribution in [3.8, 4) is 0 Å². The summed E-state index contributed by atoms with van der Waals surface area (Å²) in [5.41, 5.74) is 1.27. The van der Waals surface area contributed by atoms with Crippen molar-refractivity contribution in [2.75, 3.05) is 11.9 Å². The zero-order chi connectivity index (χ0) is 20.4. The standard InChI is InChI=1S/C20H16N4O4S/c25-19(23-8-7-13-10-21-12-22-11-13)14-5-6-18-16(9-14)24-20(26)15-3-1-2-4-17(15)29(18,27)28/h1-6,9-12H,7-8H2,(H,23,25)(H,24,26). The molecule has 4 rings (SSSR count). The summed E-state index contributed by atoms with van der Waals surface area (Å²) >= 11 is 0. The molecule has 1 aliphatic rings. The lowest BCUT2D eigenvalue weighted by molar-refractivity contribution is 0.0952. The highest BCUT2D eigenvalue weighted by atomic mass is 32.2. The average molecular weight is 408 g/mol. The van der Waals surface area contributed by atoms with E-state index in [9.17, 15) is 18.0 Å². The van der Waals surface area contributed by atoms with Crippen LogP contribution in [0.25, 0.3) is 0 Å². The summed E-state index contributed by atoms with van der Waals surface area (Å²) in [4.78, 5) is 32.7. The highest BCUT2D eigenvalue weighted by Gasteiger charge is 2.31. The molecule has 0 spiro atoms. The maximum Gasteiger partial charge on any atom is 0.257 e. The molecular weight excluding hydrogens is 392 g/mol. The first-order chi connectivity index (χ1) is 14.0. The van der Waals surface area contributed by atoms with Crippen molar-refractivity contribution >= 4 is 27.3 Å². The number of amides is 2. The van der Waals surface area contributed by atoms with Crippen molar-refractivity contribution in [1.29, 1.82) is 0 Å². The van der Waals surface area contributed by atoms with Crippen LogP contribution in [0.5, 0.6) is 0 Å². The molecule has 2 aromatic carbocycles. The minimum absolute atomic E-state index is 0.0474. The van der Waals surface area contributed by atoms with Gasteiger partial charge >= 0.3 is 0 Å². The quantitative estimate of drug-likeness (QED) is 0.680. The summed E-state index contributed by atoms with van der Waals surface area (Å²) < 4.78 is 25.9. The monoisotopic (exact) mass is 408 g/mol. The van der Waals surface area contributed by atoms with Crippen LogP contribution in [-0.4, -0.2) is 36.7 Å². The minimum atomic E-state index is -3.90. The minimum Gasteiger partial charge on any atom is -0.352 e. The number of fused-ring (bicyclic) bond motifs is 2. The first kappa shape index (κ1) is 18.8. The van der Waals surface area contributed by atoms with E-state index in [0.29, 0.717) is 13.0 Å². The molecule has 0 fully saturated rings. The molecule has 146 valence electrons. The van der Waals surface area contributed by atoms with Crippen LogP contribution in [0.3, 0.4) is 0 Å². The van der Waals surface area contributed by atoms with E-state index in [-0.39, 0.29) is 32.5 Å². The van der Waals surface area contributed by atoms with Gasteiger partial charge in [0.1, 0.15) is 6.33 Å². The Kier molecular flexibility index (Phi) is 4.81. The van der Waals surface area contributed by atoms with Crippen LogP contribution in [-0.2, 0) is 16.3 Å². The normalized spacial score (nSPS) is 14.1. The third-order valence-electron chi connectivity index (χ3n) is 4.51. The van der Waals surface area contributed by atoms with Crippen LogP contribution in [0, 0.1) is 0 Å². The molecule has 9 heteroatoms. The Morgan fingerprint density at radius 2 is 1.79 bits per heavy atom. The zero-order valence-electron chi connectivity index (χ0n) is 15.1. The second-order valence-corrected chi connectivity index (χ2v) is 8.30. The highest BCUT2D eigenvalue weighted by molar-refractivity contribution is 7.91. The van der Waals surface area contributed by atoms with E-state index in [4.69, 9.17) is 0 Å². The van der Waals surface area contributed by atoms with E-state index >= 15 is 0 Å². The second-order valence-electron chi connectivity index (χ2n) is 6.42. The van der Waals surface area contributed by atoms with Gasteiger partial charge in [0, 0.05) is 24.5 Å². The number of nitrogens with zero attached hydrogens (tertiary/aromatic N) is 2. The Hall–Kier alpha value is -3.59. The Morgan fingerprint density at radius 1 is 1.03 bits per heavy atom. The van der Waals surface area contributed by atoms with E-state index in [1.807, 2.05) is 0 Å². The van der Waals surface area contributed by atoms with Gasteiger partial charge in [0.25, 0.3) is 11.8 Å². The van der Waals surface area contributed by atoms with E-state index in [1.165, 1.54) is 36.7 Å². The van der Waals surface area contributed by atoms with Crippen molar-refractivity contribution in [3.05, 3.63) is 77.9 Å². The van der Waals surface area contributed by atoms with Crippen LogP contribution in [0.4, 0.5) is 5.69 Å². The third kappa shape index (κ3) is 3.59. The molecule has 0 atom stereocenters. The van der Waals surface area contributed by atoms with Crippen molar-refractivity contribution in [3.63, 3.8) is 0 Å². The van der Waals surface area contributed by atoms with Gasteiger partial charge in [-0.15, -0.1) is 0 Å². The van der Waals surface area contributed by atoms with E-state index < -0.39 is 15.7 Å². The van der Waals surface area contributed by atoms with Crippen molar-refractivity contribution in [2.45, 2.75) is 16.2 Å². The Balaban J connectivity index is 1.58. The molecule has 0 radical (unpaired) electrons. The van der Waals surface area contributed by atoms with Gasteiger partial charge < -0.3 is 10.6 Å². The fourth-order valence-electron chi connectivity index (χ4n) is 3.08. The molecule has 3 aromatic rings. The molecule has 2 N–H and O–H groups in total. The van der Waals surface area contributed by atoms with Crippen molar-refractivity contribution in [2.24, 2.45) is 0 Å². The fourth-order valence-corrected chi connectivity index (χ4v) is 4.67. The number of aromatic nitrogens is 2. The summed E-state index contributed by atoms with van der Waals surface area (Å²) in [6.45, 7) is 0.361. The molecule has 1 aromatic heterocycles. The number of benzene rings is 2. The number of hydrogen-bond donors (Lipinski definition) is 2. The number of sulfone groups is 1. The predicted molar refractivity (Wildman–Crippen MR) is 104 cm³/mol. The lowest BCUT2D eigenvalue weighted by Gasteiger charge is -2.10. The highest BCUT2D eigenvalue weighted by Crippen LogP contribution is 2.34. The molecule has 0 bridgehead atoms. The molecule has 8 nitrogen and oxygen atoms in total. The van der Waals surface area contributed by atoms with Crippen LogP contribution < -0.4 is 10.6 Å². The molecule has 0 unspecified atom stereocenters. The van der Waals surface area contributed by atoms with Crippen molar-refractivity contribution in [1.82, 2.24) is 15.3 Å². The summed E-state index contributed by atoms with van der Waals surface area (Å²) in [6, 6.07) is 10.2. The zero-order valence-corrected chi connectivity index (χ0v) is 15.9. The van der Waals surface area contributed by atoms with Crippen LogP contribution in [0.15, 0.2) is 71.0 Å². The number of carbonyl (C=O) groups is 2. The molecule has 0 saturated carbocycles. The maximum absolute atomic E-state index is 13.0. The van der Waals surface area contributed by atoms with Gasteiger partial charge in [-0.25, -0.2) is 18.4 Å². The number of anilines is 1. The smallest absolute Gasteiger partial charge is 0.257 e. The van der Waals surface area contributed by atoms with Gasteiger partial charge in [-0.3, -0.25) is 9.59 Å². The molecule has 0 saturated heterocycles. The van der Waals surface area contributed by atoms with Gasteiger partial charge in [-0.05, 0) is 42.3 Å². The summed E-state index contributed by atoms with van der Waals surface area (Å²) in [5, 5.41) is 5.36. The topological polar surface area (TPSA) is 118 Å².